The van der Waals surface area contributed by atoms with Gasteiger partial charge in [-0.25, -0.2) is 4.68 Å². The summed E-state index contributed by atoms with van der Waals surface area (Å²) < 4.78 is 7.38. The summed E-state index contributed by atoms with van der Waals surface area (Å²) in [6.45, 7) is 0. The number of benzene rings is 2. The maximum Gasteiger partial charge on any atom is 0.228 e. The van der Waals surface area contributed by atoms with Gasteiger partial charge in [0.25, 0.3) is 0 Å². The minimum atomic E-state index is -0.0267. The lowest BCUT2D eigenvalue weighted by atomic mass is 10.1. The lowest BCUT2D eigenvalue weighted by molar-refractivity contribution is 0.601. The lowest BCUT2D eigenvalue weighted by Crippen LogP contribution is -2.02. The highest BCUT2D eigenvalue weighted by Crippen LogP contribution is 2.25. The molecule has 0 atom stereocenters. The number of hydrogen-bond acceptors (Lipinski definition) is 3. The van der Waals surface area contributed by atoms with Crippen LogP contribution in [0.25, 0.3) is 32.8 Å². The summed E-state index contributed by atoms with van der Waals surface area (Å²) in [4.78, 5) is 12.6. The number of aromatic nitrogens is 2. The molecule has 0 spiro atoms. The van der Waals surface area contributed by atoms with Gasteiger partial charge in [0.05, 0.1) is 11.6 Å². The Balaban J connectivity index is 2.38. The van der Waals surface area contributed by atoms with Gasteiger partial charge in [0.15, 0.2) is 0 Å². The molecule has 0 aliphatic carbocycles. The van der Waals surface area contributed by atoms with E-state index in [0.717, 1.165) is 10.8 Å². The molecule has 4 rings (SSSR count). The molecule has 2 heterocycles. The average molecular weight is 250 g/mol. The molecule has 0 fully saturated rings. The Hall–Kier alpha value is -2.62. The van der Waals surface area contributed by atoms with E-state index in [2.05, 4.69) is 5.10 Å². The summed E-state index contributed by atoms with van der Waals surface area (Å²) in [5, 5.41) is 7.18. The summed E-state index contributed by atoms with van der Waals surface area (Å²) in [6.07, 6.45) is 1.56. The van der Waals surface area contributed by atoms with Crippen LogP contribution in [0, 0.1) is 0 Å². The predicted molar refractivity (Wildman–Crippen MR) is 74.3 cm³/mol. The normalized spacial score (nSPS) is 11.6. The highest BCUT2D eigenvalue weighted by molar-refractivity contribution is 6.07. The molecule has 0 amide bonds. The van der Waals surface area contributed by atoms with E-state index in [1.807, 2.05) is 36.4 Å². The molecule has 4 nitrogen and oxygen atoms in total. The quantitative estimate of drug-likeness (QED) is 0.451. The smallest absolute Gasteiger partial charge is 0.228 e. The predicted octanol–water partition coefficient (Wildman–Crippen LogP) is 2.83. The van der Waals surface area contributed by atoms with Crippen molar-refractivity contribution in [2.45, 2.75) is 0 Å². The molecule has 0 aliphatic heterocycles. The first kappa shape index (κ1) is 10.3. The van der Waals surface area contributed by atoms with Gasteiger partial charge in [0, 0.05) is 7.05 Å². The second kappa shape index (κ2) is 3.45. The summed E-state index contributed by atoms with van der Waals surface area (Å²) in [7, 11) is 1.76. The van der Waals surface area contributed by atoms with Crippen molar-refractivity contribution in [1.82, 2.24) is 9.78 Å². The van der Waals surface area contributed by atoms with Crippen LogP contribution in [0.5, 0.6) is 0 Å². The Bertz CT molecular complexity index is 995. The summed E-state index contributed by atoms with van der Waals surface area (Å²) in [6, 6.07) is 11.6. The van der Waals surface area contributed by atoms with Crippen LogP contribution in [-0.4, -0.2) is 9.78 Å². The standard InChI is InChI=1S/C15H10N2O2/c1-17-15-11(8-16-17)14(18)13-10-5-3-2-4-9(10)6-7-12(13)19-15/h2-8H,1H3. The first-order chi connectivity index (χ1) is 9.25. The molecular formula is C15H10N2O2. The molecule has 0 aliphatic rings. The molecule has 2 aromatic heterocycles. The number of aryl methyl sites for hydroxylation is 1. The van der Waals surface area contributed by atoms with E-state index in [1.165, 1.54) is 0 Å². The first-order valence-corrected chi connectivity index (χ1v) is 6.02. The molecule has 0 saturated carbocycles. The van der Waals surface area contributed by atoms with Crippen LogP contribution in [0.4, 0.5) is 0 Å². The van der Waals surface area contributed by atoms with Gasteiger partial charge in [-0.05, 0) is 16.8 Å². The van der Waals surface area contributed by atoms with Crippen LogP contribution in [0.15, 0.2) is 51.8 Å². The van der Waals surface area contributed by atoms with E-state index >= 15 is 0 Å². The largest absolute Gasteiger partial charge is 0.438 e. The van der Waals surface area contributed by atoms with E-state index in [0.29, 0.717) is 22.1 Å². The Morgan fingerprint density at radius 2 is 1.95 bits per heavy atom. The van der Waals surface area contributed by atoms with Crippen LogP contribution in [0.2, 0.25) is 0 Å². The van der Waals surface area contributed by atoms with Crippen molar-refractivity contribution < 1.29 is 4.42 Å². The third-order valence-electron chi connectivity index (χ3n) is 3.45. The topological polar surface area (TPSA) is 48.0 Å². The summed E-state index contributed by atoms with van der Waals surface area (Å²) >= 11 is 0. The van der Waals surface area contributed by atoms with E-state index in [1.54, 1.807) is 17.9 Å². The van der Waals surface area contributed by atoms with Crippen molar-refractivity contribution in [2.24, 2.45) is 7.05 Å². The van der Waals surface area contributed by atoms with Gasteiger partial charge in [0.1, 0.15) is 11.0 Å². The van der Waals surface area contributed by atoms with E-state index in [4.69, 9.17) is 4.42 Å². The Kier molecular flexibility index (Phi) is 1.87. The second-order valence-corrected chi connectivity index (χ2v) is 4.58. The minimum Gasteiger partial charge on any atom is -0.438 e. The fourth-order valence-corrected chi connectivity index (χ4v) is 2.51. The van der Waals surface area contributed by atoms with Gasteiger partial charge in [-0.15, -0.1) is 0 Å². The van der Waals surface area contributed by atoms with Crippen molar-refractivity contribution in [3.63, 3.8) is 0 Å². The zero-order chi connectivity index (χ0) is 13.0. The SMILES string of the molecule is Cn1ncc2c(=O)c3c(ccc4ccccc43)oc21. The molecular weight excluding hydrogens is 240 g/mol. The summed E-state index contributed by atoms with van der Waals surface area (Å²) in [5.41, 5.74) is 1.08. The monoisotopic (exact) mass is 250 g/mol. The Morgan fingerprint density at radius 3 is 2.84 bits per heavy atom. The third-order valence-corrected chi connectivity index (χ3v) is 3.45. The number of nitrogens with zero attached hydrogens (tertiary/aromatic N) is 2. The van der Waals surface area contributed by atoms with Crippen LogP contribution in [0.1, 0.15) is 0 Å². The Morgan fingerprint density at radius 1 is 1.11 bits per heavy atom. The molecule has 92 valence electrons. The third kappa shape index (κ3) is 1.28. The zero-order valence-corrected chi connectivity index (χ0v) is 10.3. The average Bonchev–Trinajstić information content (AvgIpc) is 2.81. The van der Waals surface area contributed by atoms with Crippen molar-refractivity contribution in [2.75, 3.05) is 0 Å². The van der Waals surface area contributed by atoms with Gasteiger partial charge in [-0.3, -0.25) is 4.79 Å². The molecule has 0 unspecified atom stereocenters. The molecule has 4 heteroatoms. The van der Waals surface area contributed by atoms with Gasteiger partial charge in [-0.2, -0.15) is 5.10 Å². The molecule has 19 heavy (non-hydrogen) atoms. The van der Waals surface area contributed by atoms with Crippen molar-refractivity contribution in [1.29, 1.82) is 0 Å². The highest BCUT2D eigenvalue weighted by atomic mass is 16.3. The van der Waals surface area contributed by atoms with Crippen molar-refractivity contribution in [3.05, 3.63) is 52.8 Å². The Labute approximate surface area is 107 Å². The first-order valence-electron chi connectivity index (χ1n) is 6.02. The number of hydrogen-bond donors (Lipinski definition) is 0. The van der Waals surface area contributed by atoms with Crippen LogP contribution in [0.3, 0.4) is 0 Å². The van der Waals surface area contributed by atoms with E-state index in [9.17, 15) is 4.79 Å². The lowest BCUT2D eigenvalue weighted by Gasteiger charge is -2.03. The van der Waals surface area contributed by atoms with Crippen LogP contribution < -0.4 is 5.43 Å². The van der Waals surface area contributed by atoms with E-state index in [-0.39, 0.29) is 5.43 Å². The summed E-state index contributed by atoms with van der Waals surface area (Å²) in [5.74, 6) is 0. The maximum atomic E-state index is 12.6. The van der Waals surface area contributed by atoms with Crippen LogP contribution >= 0.6 is 0 Å². The highest BCUT2D eigenvalue weighted by Gasteiger charge is 2.13. The van der Waals surface area contributed by atoms with Gasteiger partial charge >= 0.3 is 0 Å². The fraction of sp³-hybridized carbons (Fsp3) is 0.0667. The van der Waals surface area contributed by atoms with Gasteiger partial charge in [0.2, 0.25) is 11.1 Å². The molecule has 0 saturated heterocycles. The van der Waals surface area contributed by atoms with Gasteiger partial charge < -0.3 is 4.42 Å². The van der Waals surface area contributed by atoms with Crippen molar-refractivity contribution >= 4 is 32.8 Å². The minimum absolute atomic E-state index is 0.0267. The molecule has 0 radical (unpaired) electrons. The van der Waals surface area contributed by atoms with Crippen molar-refractivity contribution in [3.8, 4) is 0 Å². The number of rotatable bonds is 0. The zero-order valence-electron chi connectivity index (χ0n) is 10.3. The van der Waals surface area contributed by atoms with E-state index < -0.39 is 0 Å². The maximum absolute atomic E-state index is 12.6. The second-order valence-electron chi connectivity index (χ2n) is 4.58. The fourth-order valence-electron chi connectivity index (χ4n) is 2.51. The molecule has 0 N–H and O–H groups in total. The van der Waals surface area contributed by atoms with Gasteiger partial charge in [-0.1, -0.05) is 30.3 Å². The van der Waals surface area contributed by atoms with Crippen LogP contribution in [-0.2, 0) is 7.05 Å². The molecule has 2 aromatic carbocycles. The number of fused-ring (bicyclic) bond motifs is 4. The molecule has 0 bridgehead atoms. The molecule has 4 aromatic rings.